The highest BCUT2D eigenvalue weighted by molar-refractivity contribution is 5.80. The molecule has 1 saturated carbocycles. The standard InChI is InChI=1S/C17H21N3O3/c1-22-9-12-16(11-6-7-23-17(11)12)19-15(21)8-20-10-18-13-4-2-3-5-14(13)20/h2-5,10-12,16-17H,6-9H2,1H3,(H,19,21)/t11-,12+,16+,17-/m0/s1. The Morgan fingerprint density at radius 3 is 3.22 bits per heavy atom. The number of nitrogens with zero attached hydrogens (tertiary/aromatic N) is 2. The lowest BCUT2D eigenvalue weighted by molar-refractivity contribution is -0.130. The molecule has 1 aliphatic heterocycles. The summed E-state index contributed by atoms with van der Waals surface area (Å²) in [5, 5.41) is 3.18. The Kier molecular flexibility index (Phi) is 3.79. The van der Waals surface area contributed by atoms with E-state index in [0.717, 1.165) is 24.1 Å². The number of hydrogen-bond donors (Lipinski definition) is 1. The first-order chi connectivity index (χ1) is 11.3. The zero-order chi connectivity index (χ0) is 15.8. The van der Waals surface area contributed by atoms with Crippen molar-refractivity contribution in [3.05, 3.63) is 30.6 Å². The summed E-state index contributed by atoms with van der Waals surface area (Å²) in [6.07, 6.45) is 2.98. The van der Waals surface area contributed by atoms with E-state index >= 15 is 0 Å². The summed E-state index contributed by atoms with van der Waals surface area (Å²) >= 11 is 0. The molecule has 2 aromatic rings. The molecule has 2 aliphatic rings. The average molecular weight is 315 g/mol. The van der Waals surface area contributed by atoms with E-state index in [0.29, 0.717) is 12.5 Å². The summed E-state index contributed by atoms with van der Waals surface area (Å²) in [5.74, 6) is 0.708. The van der Waals surface area contributed by atoms with Gasteiger partial charge in [-0.1, -0.05) is 12.1 Å². The highest BCUT2D eigenvalue weighted by Crippen LogP contribution is 2.43. The van der Waals surface area contributed by atoms with Gasteiger partial charge in [-0.05, 0) is 18.6 Å². The number of methoxy groups -OCH3 is 1. The van der Waals surface area contributed by atoms with Crippen molar-refractivity contribution in [2.75, 3.05) is 20.3 Å². The predicted octanol–water partition coefficient (Wildman–Crippen LogP) is 1.20. The second-order valence-corrected chi connectivity index (χ2v) is 6.36. The molecule has 23 heavy (non-hydrogen) atoms. The van der Waals surface area contributed by atoms with Gasteiger partial charge in [0.25, 0.3) is 0 Å². The zero-order valence-electron chi connectivity index (χ0n) is 13.1. The topological polar surface area (TPSA) is 65.4 Å². The molecule has 1 aromatic heterocycles. The van der Waals surface area contributed by atoms with Crippen LogP contribution in [0.4, 0.5) is 0 Å². The summed E-state index contributed by atoms with van der Waals surface area (Å²) in [6.45, 7) is 1.70. The van der Waals surface area contributed by atoms with Crippen molar-refractivity contribution >= 4 is 16.9 Å². The van der Waals surface area contributed by atoms with Crippen LogP contribution in [0.3, 0.4) is 0 Å². The first kappa shape index (κ1) is 14.7. The summed E-state index contributed by atoms with van der Waals surface area (Å²) in [5.41, 5.74) is 1.89. The lowest BCUT2D eigenvalue weighted by Crippen LogP contribution is -2.63. The van der Waals surface area contributed by atoms with Crippen molar-refractivity contribution in [1.29, 1.82) is 0 Å². The minimum Gasteiger partial charge on any atom is -0.384 e. The van der Waals surface area contributed by atoms with Gasteiger partial charge >= 0.3 is 0 Å². The number of ether oxygens (including phenoxy) is 2. The van der Waals surface area contributed by atoms with Crippen LogP contribution in [0.15, 0.2) is 30.6 Å². The zero-order valence-corrected chi connectivity index (χ0v) is 13.1. The van der Waals surface area contributed by atoms with E-state index in [-0.39, 0.29) is 30.5 Å². The maximum absolute atomic E-state index is 12.5. The molecular formula is C17H21N3O3. The van der Waals surface area contributed by atoms with Crippen molar-refractivity contribution < 1.29 is 14.3 Å². The second kappa shape index (κ2) is 5.94. The third-order valence-corrected chi connectivity index (χ3v) is 5.06. The Morgan fingerprint density at radius 1 is 1.48 bits per heavy atom. The smallest absolute Gasteiger partial charge is 0.240 e. The molecule has 122 valence electrons. The van der Waals surface area contributed by atoms with Gasteiger partial charge in [0.2, 0.25) is 5.91 Å². The molecule has 1 saturated heterocycles. The number of benzene rings is 1. The summed E-state index contributed by atoms with van der Waals surface area (Å²) < 4.78 is 12.9. The fourth-order valence-electron chi connectivity index (χ4n) is 3.96. The van der Waals surface area contributed by atoms with Gasteiger partial charge in [0, 0.05) is 31.6 Å². The Hall–Kier alpha value is -1.92. The van der Waals surface area contributed by atoms with E-state index in [4.69, 9.17) is 9.47 Å². The van der Waals surface area contributed by atoms with Crippen LogP contribution in [-0.2, 0) is 20.8 Å². The normalized spacial score (nSPS) is 29.3. The van der Waals surface area contributed by atoms with Gasteiger partial charge < -0.3 is 19.4 Å². The van der Waals surface area contributed by atoms with Gasteiger partial charge in [-0.25, -0.2) is 4.98 Å². The number of hydrogen-bond acceptors (Lipinski definition) is 4. The fourth-order valence-corrected chi connectivity index (χ4v) is 3.96. The molecule has 1 aliphatic carbocycles. The Bertz CT molecular complexity index is 714. The molecule has 4 rings (SSSR count). The van der Waals surface area contributed by atoms with Crippen LogP contribution in [0, 0.1) is 11.8 Å². The van der Waals surface area contributed by atoms with Gasteiger partial charge in [0.1, 0.15) is 6.54 Å². The van der Waals surface area contributed by atoms with Crippen LogP contribution in [0.1, 0.15) is 6.42 Å². The molecule has 1 aromatic carbocycles. The third kappa shape index (κ3) is 2.52. The van der Waals surface area contributed by atoms with Crippen molar-refractivity contribution in [2.45, 2.75) is 25.1 Å². The molecule has 2 fully saturated rings. The van der Waals surface area contributed by atoms with Gasteiger partial charge in [0.05, 0.1) is 30.1 Å². The van der Waals surface area contributed by atoms with Crippen LogP contribution < -0.4 is 5.32 Å². The van der Waals surface area contributed by atoms with Crippen molar-refractivity contribution in [1.82, 2.24) is 14.9 Å². The first-order valence-corrected chi connectivity index (χ1v) is 8.07. The van der Waals surface area contributed by atoms with Gasteiger partial charge in [-0.3, -0.25) is 4.79 Å². The van der Waals surface area contributed by atoms with E-state index in [9.17, 15) is 4.79 Å². The van der Waals surface area contributed by atoms with Gasteiger partial charge in [-0.2, -0.15) is 0 Å². The number of imidazole rings is 1. The van der Waals surface area contributed by atoms with Crippen LogP contribution in [0.5, 0.6) is 0 Å². The Morgan fingerprint density at radius 2 is 2.35 bits per heavy atom. The molecule has 4 atom stereocenters. The maximum Gasteiger partial charge on any atom is 0.240 e. The number of rotatable bonds is 5. The van der Waals surface area contributed by atoms with E-state index < -0.39 is 0 Å². The predicted molar refractivity (Wildman–Crippen MR) is 84.9 cm³/mol. The van der Waals surface area contributed by atoms with Gasteiger partial charge in [0.15, 0.2) is 0 Å². The number of fused-ring (bicyclic) bond motifs is 2. The molecule has 2 heterocycles. The lowest BCUT2D eigenvalue weighted by atomic mass is 9.67. The summed E-state index contributed by atoms with van der Waals surface area (Å²) in [6, 6.07) is 7.99. The van der Waals surface area contributed by atoms with E-state index in [1.54, 1.807) is 13.4 Å². The number of carbonyl (C=O) groups excluding carboxylic acids is 1. The highest BCUT2D eigenvalue weighted by Gasteiger charge is 2.54. The number of aromatic nitrogens is 2. The van der Waals surface area contributed by atoms with Crippen LogP contribution in [0.25, 0.3) is 11.0 Å². The molecule has 0 radical (unpaired) electrons. The van der Waals surface area contributed by atoms with Crippen LogP contribution in [-0.4, -0.2) is 47.9 Å². The van der Waals surface area contributed by atoms with E-state index in [1.165, 1.54) is 0 Å². The number of nitrogens with one attached hydrogen (secondary N) is 1. The maximum atomic E-state index is 12.5. The molecule has 6 heteroatoms. The summed E-state index contributed by atoms with van der Waals surface area (Å²) in [7, 11) is 1.69. The average Bonchev–Trinajstić information content (AvgIpc) is 3.16. The first-order valence-electron chi connectivity index (χ1n) is 8.07. The quantitative estimate of drug-likeness (QED) is 0.900. The highest BCUT2D eigenvalue weighted by atomic mass is 16.5. The molecule has 1 amide bonds. The number of carbonyl (C=O) groups is 1. The Balaban J connectivity index is 1.43. The molecule has 0 unspecified atom stereocenters. The van der Waals surface area contributed by atoms with Crippen molar-refractivity contribution in [2.24, 2.45) is 11.8 Å². The molecule has 1 N–H and O–H groups in total. The van der Waals surface area contributed by atoms with Crippen LogP contribution in [0.2, 0.25) is 0 Å². The second-order valence-electron chi connectivity index (χ2n) is 6.36. The van der Waals surface area contributed by atoms with Gasteiger partial charge in [-0.15, -0.1) is 0 Å². The number of para-hydroxylation sites is 2. The molecule has 0 bridgehead atoms. The van der Waals surface area contributed by atoms with E-state index in [1.807, 2.05) is 28.8 Å². The largest absolute Gasteiger partial charge is 0.384 e. The molecular weight excluding hydrogens is 294 g/mol. The number of amides is 1. The summed E-state index contributed by atoms with van der Waals surface area (Å²) in [4.78, 5) is 16.8. The minimum absolute atomic E-state index is 0.0182. The SMILES string of the molecule is COC[C@@H]1[C@H](NC(=O)Cn2cnc3ccccc32)[C@@H]2CCO[C@H]12. The minimum atomic E-state index is 0.0182. The monoisotopic (exact) mass is 315 g/mol. The molecule has 6 nitrogen and oxygen atoms in total. The third-order valence-electron chi connectivity index (χ3n) is 5.06. The van der Waals surface area contributed by atoms with Crippen molar-refractivity contribution in [3.8, 4) is 0 Å². The molecule has 0 spiro atoms. The van der Waals surface area contributed by atoms with E-state index in [2.05, 4.69) is 10.3 Å². The Labute approximate surface area is 134 Å². The van der Waals surface area contributed by atoms with Crippen LogP contribution >= 0.6 is 0 Å². The fraction of sp³-hybridized carbons (Fsp3) is 0.529. The van der Waals surface area contributed by atoms with Crippen molar-refractivity contribution in [3.63, 3.8) is 0 Å². The lowest BCUT2D eigenvalue weighted by Gasteiger charge is -2.47.